The number of imidazole rings is 1. The van der Waals surface area contributed by atoms with Crippen molar-refractivity contribution in [3.8, 4) is 5.69 Å². The van der Waals surface area contributed by atoms with Crippen LogP contribution in [0.2, 0.25) is 0 Å². The second-order valence-corrected chi connectivity index (χ2v) is 6.18. The second kappa shape index (κ2) is 6.52. The number of aryl methyl sites for hydroxylation is 2. The van der Waals surface area contributed by atoms with Crippen LogP contribution in [0, 0.1) is 24.0 Å². The molecule has 0 radical (unpaired) electrons. The topological polar surface area (TPSA) is 103 Å². The fraction of sp³-hybridized carbons (Fsp3) is 0.167. The van der Waals surface area contributed by atoms with Gasteiger partial charge in [0.05, 0.1) is 11.4 Å². The molecule has 136 valence electrons. The van der Waals surface area contributed by atoms with Gasteiger partial charge in [0.25, 0.3) is 0 Å². The second-order valence-electron chi connectivity index (χ2n) is 6.18. The van der Waals surface area contributed by atoms with Gasteiger partial charge in [-0.25, -0.2) is 9.67 Å². The van der Waals surface area contributed by atoms with Crippen LogP contribution in [0.5, 0.6) is 0 Å². The minimum atomic E-state index is -0.505. The van der Waals surface area contributed by atoms with E-state index in [4.69, 9.17) is 0 Å². The van der Waals surface area contributed by atoms with Gasteiger partial charge in [0.15, 0.2) is 5.82 Å². The number of nitrogens with one attached hydrogen (secondary N) is 1. The summed E-state index contributed by atoms with van der Waals surface area (Å²) < 4.78 is 3.12. The first-order chi connectivity index (χ1) is 13.0. The molecule has 1 N–H and O–H groups in total. The molecule has 1 aromatic carbocycles. The van der Waals surface area contributed by atoms with Gasteiger partial charge < -0.3 is 15.4 Å². The van der Waals surface area contributed by atoms with E-state index in [1.807, 2.05) is 48.9 Å². The number of hydrogen-bond donors (Lipinski definition) is 1. The first-order valence-electron chi connectivity index (χ1n) is 8.37. The van der Waals surface area contributed by atoms with Gasteiger partial charge >= 0.3 is 5.82 Å². The highest BCUT2D eigenvalue weighted by Gasteiger charge is 2.16. The molecule has 0 spiro atoms. The Hall–Kier alpha value is -3.75. The van der Waals surface area contributed by atoms with Gasteiger partial charge in [-0.1, -0.05) is 27.8 Å². The number of para-hydroxylation sites is 1. The van der Waals surface area contributed by atoms with Crippen molar-refractivity contribution in [2.45, 2.75) is 20.4 Å². The lowest BCUT2D eigenvalue weighted by molar-refractivity contribution is -0.391. The molecule has 4 rings (SSSR count). The third-order valence-corrected chi connectivity index (χ3v) is 4.22. The van der Waals surface area contributed by atoms with Crippen LogP contribution in [0.25, 0.3) is 11.3 Å². The summed E-state index contributed by atoms with van der Waals surface area (Å²) in [6, 6.07) is 13.4. The van der Waals surface area contributed by atoms with Crippen molar-refractivity contribution < 1.29 is 4.92 Å². The van der Waals surface area contributed by atoms with Crippen LogP contribution in [0.4, 0.5) is 11.6 Å². The molecule has 0 aliphatic rings. The third-order valence-electron chi connectivity index (χ3n) is 4.22. The average molecular weight is 363 g/mol. The number of hydrogen-bond acceptors (Lipinski definition) is 6. The highest BCUT2D eigenvalue weighted by Crippen LogP contribution is 2.19. The molecule has 9 heteroatoms. The van der Waals surface area contributed by atoms with Crippen molar-refractivity contribution in [1.82, 2.24) is 24.4 Å². The van der Waals surface area contributed by atoms with Crippen molar-refractivity contribution in [1.29, 1.82) is 0 Å². The summed E-state index contributed by atoms with van der Waals surface area (Å²) in [5, 5.41) is 23.1. The van der Waals surface area contributed by atoms with Crippen LogP contribution in [0.15, 0.2) is 48.7 Å². The van der Waals surface area contributed by atoms with Gasteiger partial charge in [-0.05, 0) is 42.5 Å². The Bertz CT molecular complexity index is 1150. The molecule has 0 saturated heterocycles. The van der Waals surface area contributed by atoms with E-state index in [1.165, 1.54) is 10.7 Å². The third kappa shape index (κ3) is 3.10. The average Bonchev–Trinajstić information content (AvgIpc) is 3.22. The van der Waals surface area contributed by atoms with Gasteiger partial charge in [-0.15, -0.1) is 0 Å². The fourth-order valence-corrected chi connectivity index (χ4v) is 3.01. The molecule has 0 saturated carbocycles. The van der Waals surface area contributed by atoms with E-state index in [1.54, 1.807) is 12.1 Å². The van der Waals surface area contributed by atoms with Crippen molar-refractivity contribution in [3.05, 3.63) is 75.7 Å². The molecule has 3 aromatic heterocycles. The first-order valence-corrected chi connectivity index (χ1v) is 8.37. The molecule has 0 unspecified atom stereocenters. The molecule has 0 amide bonds. The summed E-state index contributed by atoms with van der Waals surface area (Å²) in [7, 11) is 0. The normalized spacial score (nSPS) is 11.0. The summed E-state index contributed by atoms with van der Waals surface area (Å²) in [6.07, 6.45) is 1.20. The van der Waals surface area contributed by atoms with Gasteiger partial charge in [-0.2, -0.15) is 5.10 Å². The van der Waals surface area contributed by atoms with Crippen LogP contribution in [0.3, 0.4) is 0 Å². The van der Waals surface area contributed by atoms with Gasteiger partial charge in [0, 0.05) is 18.3 Å². The Labute approximate surface area is 154 Å². The lowest BCUT2D eigenvalue weighted by Gasteiger charge is -2.12. The minimum Gasteiger partial charge on any atom is -0.363 e. The standard InChI is InChI=1S/C18H17N7O2/c1-12-9-13(2)23(21-12)15-6-4-3-5-14(15)10-19-16-7-8-17-20-11-18(25(26)27)24(17)22-16/h3-9,11H,10H2,1-2H3,(H,19,22). The maximum Gasteiger partial charge on any atom is 0.368 e. The number of fused-ring (bicyclic) bond motifs is 1. The summed E-state index contributed by atoms with van der Waals surface area (Å²) in [6.45, 7) is 4.47. The molecular weight excluding hydrogens is 346 g/mol. The number of nitro groups is 1. The van der Waals surface area contributed by atoms with Crippen molar-refractivity contribution in [3.63, 3.8) is 0 Å². The number of rotatable bonds is 5. The first kappa shape index (κ1) is 16.7. The monoisotopic (exact) mass is 363 g/mol. The van der Waals surface area contributed by atoms with Crippen LogP contribution in [-0.2, 0) is 6.54 Å². The van der Waals surface area contributed by atoms with E-state index in [0.717, 1.165) is 22.6 Å². The zero-order valence-electron chi connectivity index (χ0n) is 14.8. The Balaban J connectivity index is 1.63. The SMILES string of the molecule is Cc1cc(C)n(-c2ccccc2CNc2ccc3ncc([N+](=O)[O-])n3n2)n1. The molecule has 27 heavy (non-hydrogen) atoms. The molecular formula is C18H17N7O2. The quantitative estimate of drug-likeness (QED) is 0.432. The van der Waals surface area contributed by atoms with Gasteiger partial charge in [-0.3, -0.25) is 0 Å². The Morgan fingerprint density at radius 1 is 1.15 bits per heavy atom. The minimum absolute atomic E-state index is 0.170. The maximum absolute atomic E-state index is 11.1. The number of benzene rings is 1. The van der Waals surface area contributed by atoms with E-state index < -0.39 is 4.92 Å². The van der Waals surface area contributed by atoms with E-state index in [2.05, 4.69) is 20.5 Å². The lowest BCUT2D eigenvalue weighted by Crippen LogP contribution is -2.09. The summed E-state index contributed by atoms with van der Waals surface area (Å²) in [5.41, 5.74) is 4.44. The Morgan fingerprint density at radius 2 is 1.96 bits per heavy atom. The van der Waals surface area contributed by atoms with Crippen molar-refractivity contribution in [2.24, 2.45) is 0 Å². The van der Waals surface area contributed by atoms with E-state index in [-0.39, 0.29) is 5.82 Å². The molecule has 9 nitrogen and oxygen atoms in total. The van der Waals surface area contributed by atoms with Crippen LogP contribution < -0.4 is 5.32 Å². The molecule has 0 bridgehead atoms. The van der Waals surface area contributed by atoms with E-state index >= 15 is 0 Å². The number of anilines is 1. The van der Waals surface area contributed by atoms with Crippen LogP contribution in [0.1, 0.15) is 17.0 Å². The highest BCUT2D eigenvalue weighted by atomic mass is 16.6. The van der Waals surface area contributed by atoms with Crippen molar-refractivity contribution in [2.75, 3.05) is 5.32 Å². The zero-order valence-corrected chi connectivity index (χ0v) is 14.8. The number of nitrogens with zero attached hydrogens (tertiary/aromatic N) is 6. The highest BCUT2D eigenvalue weighted by molar-refractivity contribution is 5.49. The maximum atomic E-state index is 11.1. The molecule has 0 aliphatic carbocycles. The Morgan fingerprint density at radius 3 is 2.70 bits per heavy atom. The predicted octanol–water partition coefficient (Wildman–Crippen LogP) is 3.05. The molecule has 3 heterocycles. The molecule has 4 aromatic rings. The predicted molar refractivity (Wildman–Crippen MR) is 100 cm³/mol. The largest absolute Gasteiger partial charge is 0.368 e. The lowest BCUT2D eigenvalue weighted by atomic mass is 10.1. The molecule has 0 atom stereocenters. The molecule has 0 fully saturated rings. The van der Waals surface area contributed by atoms with Crippen LogP contribution in [-0.4, -0.2) is 29.3 Å². The van der Waals surface area contributed by atoms with E-state index in [0.29, 0.717) is 18.0 Å². The van der Waals surface area contributed by atoms with Crippen molar-refractivity contribution >= 4 is 17.3 Å². The summed E-state index contributed by atoms with van der Waals surface area (Å²) >= 11 is 0. The smallest absolute Gasteiger partial charge is 0.363 e. The Kier molecular flexibility index (Phi) is 4.03. The zero-order chi connectivity index (χ0) is 19.0. The summed E-state index contributed by atoms with van der Waals surface area (Å²) in [5.74, 6) is 0.350. The van der Waals surface area contributed by atoms with Gasteiger partial charge in [0.1, 0.15) is 6.20 Å². The fourth-order valence-electron chi connectivity index (χ4n) is 3.01. The number of aromatic nitrogens is 5. The van der Waals surface area contributed by atoms with Gasteiger partial charge in [0.2, 0.25) is 5.65 Å². The molecule has 0 aliphatic heterocycles. The summed E-state index contributed by atoms with van der Waals surface area (Å²) in [4.78, 5) is 14.6. The van der Waals surface area contributed by atoms with Crippen LogP contribution >= 0.6 is 0 Å². The van der Waals surface area contributed by atoms with E-state index in [9.17, 15) is 10.1 Å².